The van der Waals surface area contributed by atoms with E-state index in [1.165, 1.54) is 0 Å². The van der Waals surface area contributed by atoms with Crippen LogP contribution in [-0.2, 0) is 9.53 Å². The molecular weight excluding hydrogens is 452 g/mol. The van der Waals surface area contributed by atoms with E-state index in [2.05, 4.69) is 5.32 Å². The molecule has 1 fully saturated rings. The molecule has 0 radical (unpaired) electrons. The summed E-state index contributed by atoms with van der Waals surface area (Å²) in [6.07, 6.45) is 0.222. The van der Waals surface area contributed by atoms with Gasteiger partial charge in [0.15, 0.2) is 17.7 Å². The molecule has 2 aromatic rings. The van der Waals surface area contributed by atoms with Gasteiger partial charge in [-0.05, 0) is 70.0 Å². The average molecular weight is 483 g/mol. The third kappa shape index (κ3) is 4.62. The number of esters is 1. The fourth-order valence-corrected chi connectivity index (χ4v) is 4.19. The van der Waals surface area contributed by atoms with Crippen molar-refractivity contribution < 1.29 is 33.3 Å². The number of imide groups is 1. The van der Waals surface area contributed by atoms with Gasteiger partial charge in [-0.1, -0.05) is 13.8 Å². The number of benzene rings is 2. The Hall–Kier alpha value is -3.75. The first-order chi connectivity index (χ1) is 16.6. The van der Waals surface area contributed by atoms with Crippen LogP contribution in [0.15, 0.2) is 42.5 Å². The van der Waals surface area contributed by atoms with E-state index in [1.807, 2.05) is 13.8 Å². The Balaban J connectivity index is 1.51. The maximum absolute atomic E-state index is 13.1. The molecule has 0 saturated carbocycles. The summed E-state index contributed by atoms with van der Waals surface area (Å²) in [6, 6.07) is 10.9. The summed E-state index contributed by atoms with van der Waals surface area (Å²) < 4.78 is 22.2. The van der Waals surface area contributed by atoms with Crippen molar-refractivity contribution in [1.29, 1.82) is 0 Å². The van der Waals surface area contributed by atoms with Gasteiger partial charge >= 0.3 is 12.0 Å². The second kappa shape index (κ2) is 9.13. The number of nitrogens with one attached hydrogen (secondary N) is 1. The van der Waals surface area contributed by atoms with Gasteiger partial charge in [0.1, 0.15) is 16.8 Å². The summed E-state index contributed by atoms with van der Waals surface area (Å²) in [5, 5.41) is 2.74. The van der Waals surface area contributed by atoms with E-state index in [0.717, 1.165) is 4.90 Å². The van der Waals surface area contributed by atoms with Crippen molar-refractivity contribution in [3.63, 3.8) is 0 Å². The normalized spacial score (nSPS) is 18.0. The zero-order valence-electron chi connectivity index (χ0n) is 20.5. The first-order valence-corrected chi connectivity index (χ1v) is 11.6. The van der Waals surface area contributed by atoms with Crippen molar-refractivity contribution in [2.24, 2.45) is 5.41 Å². The van der Waals surface area contributed by atoms with Crippen LogP contribution in [0.4, 0.5) is 10.5 Å². The van der Waals surface area contributed by atoms with Gasteiger partial charge in [-0.15, -0.1) is 0 Å². The van der Waals surface area contributed by atoms with E-state index in [9.17, 15) is 14.4 Å². The number of anilines is 1. The molecule has 2 heterocycles. The summed E-state index contributed by atoms with van der Waals surface area (Å²) in [7, 11) is 0. The van der Waals surface area contributed by atoms with Crippen LogP contribution >= 0.6 is 0 Å². The number of likely N-dealkylation sites (tertiary alicyclic amines) is 1. The van der Waals surface area contributed by atoms with E-state index >= 15 is 0 Å². The average Bonchev–Trinajstić information content (AvgIpc) is 3.27. The number of ether oxygens (including phenoxy) is 4. The summed E-state index contributed by atoms with van der Waals surface area (Å²) in [4.78, 5) is 39.6. The minimum atomic E-state index is -0.823. The van der Waals surface area contributed by atoms with E-state index in [-0.39, 0.29) is 12.7 Å². The minimum absolute atomic E-state index is 0.121. The molecule has 1 atom stereocenters. The molecule has 1 N–H and O–H groups in total. The van der Waals surface area contributed by atoms with Crippen LogP contribution in [0, 0.1) is 5.41 Å². The molecule has 2 aliphatic rings. The zero-order valence-corrected chi connectivity index (χ0v) is 20.5. The highest BCUT2D eigenvalue weighted by Gasteiger charge is 2.63. The molecule has 9 nitrogen and oxygen atoms in total. The van der Waals surface area contributed by atoms with Crippen LogP contribution in [0.25, 0.3) is 0 Å². The maximum atomic E-state index is 13.1. The minimum Gasteiger partial charge on any atom is -0.469 e. The Morgan fingerprint density at radius 2 is 1.71 bits per heavy atom. The van der Waals surface area contributed by atoms with Crippen LogP contribution in [0.5, 0.6) is 17.2 Å². The Morgan fingerprint density at radius 1 is 1.06 bits per heavy atom. The number of urea groups is 1. The number of β-lactam (4-membered cyclic amide) rings is 1. The lowest BCUT2D eigenvalue weighted by Crippen LogP contribution is -2.73. The molecule has 0 aliphatic carbocycles. The lowest BCUT2D eigenvalue weighted by Gasteiger charge is -2.53. The molecule has 0 bridgehead atoms. The summed E-state index contributed by atoms with van der Waals surface area (Å²) in [5.41, 5.74) is -0.577. The van der Waals surface area contributed by atoms with Gasteiger partial charge in [-0.2, -0.15) is 0 Å². The number of rotatable bonds is 6. The van der Waals surface area contributed by atoms with Crippen molar-refractivity contribution in [3.05, 3.63) is 48.0 Å². The zero-order chi connectivity index (χ0) is 25.4. The van der Waals surface area contributed by atoms with Gasteiger partial charge < -0.3 is 24.3 Å². The molecule has 1 unspecified atom stereocenters. The number of carbonyl (C=O) groups is 3. The van der Waals surface area contributed by atoms with Crippen LogP contribution in [0.3, 0.4) is 0 Å². The lowest BCUT2D eigenvalue weighted by molar-refractivity contribution is -0.190. The highest BCUT2D eigenvalue weighted by molar-refractivity contribution is 6.08. The fraction of sp³-hybridized carbons (Fsp3) is 0.423. The lowest BCUT2D eigenvalue weighted by atomic mass is 9.72. The highest BCUT2D eigenvalue weighted by atomic mass is 16.7. The first kappa shape index (κ1) is 24.4. The summed E-state index contributed by atoms with van der Waals surface area (Å²) in [5.74, 6) is 0.810. The third-order valence-corrected chi connectivity index (χ3v) is 6.19. The Morgan fingerprint density at radius 3 is 2.34 bits per heavy atom. The van der Waals surface area contributed by atoms with E-state index in [4.69, 9.17) is 18.9 Å². The van der Waals surface area contributed by atoms with Crippen molar-refractivity contribution in [2.45, 2.75) is 59.3 Å². The van der Waals surface area contributed by atoms with Gasteiger partial charge in [0.05, 0.1) is 5.56 Å². The predicted octanol–water partition coefficient (Wildman–Crippen LogP) is 4.96. The van der Waals surface area contributed by atoms with E-state index in [0.29, 0.717) is 41.3 Å². The topological polar surface area (TPSA) is 103 Å². The number of carbonyl (C=O) groups excluding carboxylic acids is 3. The van der Waals surface area contributed by atoms with Gasteiger partial charge in [-0.25, -0.2) is 14.5 Å². The molecule has 1 saturated heterocycles. The van der Waals surface area contributed by atoms with Crippen molar-refractivity contribution in [1.82, 2.24) is 4.90 Å². The number of hydrogen-bond donors (Lipinski definition) is 1. The quantitative estimate of drug-likeness (QED) is 0.459. The monoisotopic (exact) mass is 482 g/mol. The first-order valence-electron chi connectivity index (χ1n) is 11.6. The second-order valence-electron chi connectivity index (χ2n) is 9.53. The van der Waals surface area contributed by atoms with E-state index in [1.54, 1.807) is 63.2 Å². The van der Waals surface area contributed by atoms with Crippen molar-refractivity contribution >= 4 is 23.6 Å². The molecular formula is C26H30N2O7. The van der Waals surface area contributed by atoms with Crippen LogP contribution in [0.1, 0.15) is 57.8 Å². The number of amides is 3. The van der Waals surface area contributed by atoms with Crippen LogP contribution in [0.2, 0.25) is 0 Å². The smallest absolute Gasteiger partial charge is 0.338 e. The maximum Gasteiger partial charge on any atom is 0.338 e. The van der Waals surface area contributed by atoms with Crippen molar-refractivity contribution in [2.75, 3.05) is 12.1 Å². The molecule has 3 amide bonds. The third-order valence-electron chi connectivity index (χ3n) is 6.19. The standard InChI is InChI=1S/C26H30N2O7/c1-6-26(7-2)22(30)28(24(31)27-17-10-13-19-20(14-17)33-15-32-19)23(26)34-18-11-8-16(9-12-18)21(29)35-25(3,4)5/h8-14,23H,6-7,15H2,1-5H3,(H,27,31). The molecule has 4 rings (SSSR count). The van der Waals surface area contributed by atoms with Gasteiger partial charge in [0.25, 0.3) is 0 Å². The predicted molar refractivity (Wildman–Crippen MR) is 127 cm³/mol. The summed E-state index contributed by atoms with van der Waals surface area (Å²) >= 11 is 0. The second-order valence-corrected chi connectivity index (χ2v) is 9.53. The summed E-state index contributed by atoms with van der Waals surface area (Å²) in [6.45, 7) is 9.32. The molecule has 35 heavy (non-hydrogen) atoms. The SMILES string of the molecule is CCC1(CC)C(=O)N(C(=O)Nc2ccc3c(c2)OCO3)C1Oc1ccc(C(=O)OC(C)(C)C)cc1. The fourth-order valence-electron chi connectivity index (χ4n) is 4.19. The van der Waals surface area contributed by atoms with Crippen LogP contribution in [-0.4, -0.2) is 41.4 Å². The Kier molecular flexibility index (Phi) is 6.36. The highest BCUT2D eigenvalue weighted by Crippen LogP contribution is 2.46. The molecule has 2 aliphatic heterocycles. The number of nitrogens with zero attached hydrogens (tertiary/aromatic N) is 1. The number of fused-ring (bicyclic) bond motifs is 1. The van der Waals surface area contributed by atoms with Gasteiger partial charge in [0.2, 0.25) is 12.7 Å². The van der Waals surface area contributed by atoms with Crippen molar-refractivity contribution in [3.8, 4) is 17.2 Å². The van der Waals surface area contributed by atoms with Gasteiger partial charge in [0, 0.05) is 11.8 Å². The Labute approximate surface area is 204 Å². The van der Waals surface area contributed by atoms with Crippen LogP contribution < -0.4 is 19.5 Å². The largest absolute Gasteiger partial charge is 0.469 e. The molecule has 2 aromatic carbocycles. The molecule has 0 aromatic heterocycles. The number of hydrogen-bond acceptors (Lipinski definition) is 7. The van der Waals surface area contributed by atoms with Gasteiger partial charge in [-0.3, -0.25) is 4.79 Å². The van der Waals surface area contributed by atoms with E-state index < -0.39 is 29.2 Å². The molecule has 0 spiro atoms. The Bertz CT molecular complexity index is 1130. The molecule has 186 valence electrons. The molecule has 9 heteroatoms.